The summed E-state index contributed by atoms with van der Waals surface area (Å²) in [6.07, 6.45) is 6.13. The van der Waals surface area contributed by atoms with Gasteiger partial charge in [0.25, 0.3) is 5.56 Å². The molecule has 3 aromatic heterocycles. The zero-order chi connectivity index (χ0) is 19.1. The van der Waals surface area contributed by atoms with Crippen molar-refractivity contribution in [2.45, 2.75) is 32.2 Å². The topological polar surface area (TPSA) is 64.2 Å². The minimum Gasteiger partial charge on any atom is -0.350 e. The van der Waals surface area contributed by atoms with Crippen molar-refractivity contribution in [1.29, 1.82) is 0 Å². The number of hydrogen-bond acceptors (Lipinski definition) is 5. The van der Waals surface area contributed by atoms with E-state index in [1.54, 1.807) is 22.0 Å². The van der Waals surface area contributed by atoms with Crippen LogP contribution in [0.3, 0.4) is 0 Å². The minimum atomic E-state index is 0.0356. The molecule has 0 spiro atoms. The van der Waals surface area contributed by atoms with Gasteiger partial charge in [-0.1, -0.05) is 36.4 Å². The number of benzene rings is 1. The van der Waals surface area contributed by atoms with Crippen molar-refractivity contribution in [2.24, 2.45) is 0 Å². The first-order valence-electron chi connectivity index (χ1n) is 9.59. The Hall–Kier alpha value is -2.93. The molecule has 0 unspecified atom stereocenters. The van der Waals surface area contributed by atoms with E-state index in [1.807, 2.05) is 34.7 Å². The van der Waals surface area contributed by atoms with E-state index in [1.165, 1.54) is 16.9 Å². The molecule has 3 heterocycles. The van der Waals surface area contributed by atoms with Crippen molar-refractivity contribution >= 4 is 33.3 Å². The van der Waals surface area contributed by atoms with Gasteiger partial charge >= 0.3 is 0 Å². The van der Waals surface area contributed by atoms with E-state index in [2.05, 4.69) is 22.1 Å². The van der Waals surface area contributed by atoms with Crippen molar-refractivity contribution in [3.63, 3.8) is 0 Å². The van der Waals surface area contributed by atoms with Crippen LogP contribution in [-0.2, 0) is 19.4 Å². The maximum Gasteiger partial charge on any atom is 0.264 e. The molecule has 0 amide bonds. The fourth-order valence-electron chi connectivity index (χ4n) is 3.98. The number of rotatable bonds is 5. The Kier molecular flexibility index (Phi) is 4.24. The molecule has 0 atom stereocenters. The lowest BCUT2D eigenvalue weighted by Gasteiger charge is -2.12. The quantitative estimate of drug-likeness (QED) is 0.528. The highest BCUT2D eigenvalue weighted by Crippen LogP contribution is 2.35. The molecule has 28 heavy (non-hydrogen) atoms. The minimum absolute atomic E-state index is 0.0356. The number of aryl methyl sites for hydroxylation is 2. The van der Waals surface area contributed by atoms with Gasteiger partial charge in [-0.2, -0.15) is 0 Å². The number of thiophene rings is 1. The summed E-state index contributed by atoms with van der Waals surface area (Å²) >= 11 is 1.71. The van der Waals surface area contributed by atoms with Crippen LogP contribution in [-0.4, -0.2) is 25.7 Å². The number of nitrogens with zero attached hydrogens (tertiary/aromatic N) is 4. The third kappa shape index (κ3) is 2.65. The number of anilines is 1. The lowest BCUT2D eigenvalue weighted by Crippen LogP contribution is -2.24. The van der Waals surface area contributed by atoms with Crippen LogP contribution in [0.2, 0.25) is 0 Å². The fourth-order valence-corrected chi connectivity index (χ4v) is 5.36. The molecular formula is C21H21N5OS. The lowest BCUT2D eigenvalue weighted by atomic mass is 9.97. The highest BCUT2D eigenvalue weighted by Gasteiger charge is 2.24. The molecule has 0 aliphatic heterocycles. The van der Waals surface area contributed by atoms with Crippen LogP contribution >= 0.6 is 11.3 Å². The fraction of sp³-hybridized carbons (Fsp3) is 0.286. The Balaban J connectivity index is 1.82. The predicted octanol–water partition coefficient (Wildman–Crippen LogP) is 3.63. The first-order chi connectivity index (χ1) is 13.8. The van der Waals surface area contributed by atoms with Crippen LogP contribution in [0.15, 0.2) is 47.8 Å². The van der Waals surface area contributed by atoms with Crippen molar-refractivity contribution in [2.75, 3.05) is 11.9 Å². The summed E-state index contributed by atoms with van der Waals surface area (Å²) in [5.74, 6) is 1.23. The molecule has 4 aromatic rings. The van der Waals surface area contributed by atoms with Gasteiger partial charge in [0.05, 0.1) is 11.9 Å². The Morgan fingerprint density at radius 3 is 2.82 bits per heavy atom. The molecule has 1 aromatic carbocycles. The largest absolute Gasteiger partial charge is 0.350 e. The normalized spacial score (nSPS) is 13.7. The maximum absolute atomic E-state index is 13.6. The van der Waals surface area contributed by atoms with Crippen molar-refractivity contribution in [3.05, 3.63) is 69.3 Å². The molecular weight excluding hydrogens is 370 g/mol. The average molecular weight is 392 g/mol. The number of aromatic nitrogens is 4. The molecule has 0 saturated heterocycles. The Morgan fingerprint density at radius 2 is 2.00 bits per heavy atom. The SMILES string of the molecule is C=CCNc1nnc2n(Cc3ccccc3)c(=O)c3c4c(sc3n12)CCCC4. The standard InChI is InChI=1S/C21H21N5OS/c1-2-12-22-20-23-24-21-25(13-14-8-4-3-5-9-14)18(27)17-15-10-6-7-11-16(15)28-19(17)26(20)21/h2-5,8-9H,1,6-7,10-13H2,(H,22,23). The second kappa shape index (κ2) is 6.91. The first kappa shape index (κ1) is 17.2. The second-order valence-electron chi connectivity index (χ2n) is 7.10. The van der Waals surface area contributed by atoms with Gasteiger partial charge < -0.3 is 5.32 Å². The van der Waals surface area contributed by atoms with E-state index < -0.39 is 0 Å². The monoisotopic (exact) mass is 391 g/mol. The molecule has 6 nitrogen and oxygen atoms in total. The van der Waals surface area contributed by atoms with Gasteiger partial charge in [0.15, 0.2) is 0 Å². The summed E-state index contributed by atoms with van der Waals surface area (Å²) in [5.41, 5.74) is 2.33. The van der Waals surface area contributed by atoms with E-state index in [0.29, 0.717) is 24.8 Å². The first-order valence-corrected chi connectivity index (χ1v) is 10.4. The van der Waals surface area contributed by atoms with Gasteiger partial charge in [-0.15, -0.1) is 28.1 Å². The van der Waals surface area contributed by atoms with Crippen LogP contribution in [0.25, 0.3) is 16.0 Å². The lowest BCUT2D eigenvalue weighted by molar-refractivity contribution is 0.698. The van der Waals surface area contributed by atoms with Gasteiger partial charge in [0.1, 0.15) is 4.83 Å². The average Bonchev–Trinajstić information content (AvgIpc) is 3.31. The Labute approximate surface area is 166 Å². The van der Waals surface area contributed by atoms with E-state index >= 15 is 0 Å². The van der Waals surface area contributed by atoms with E-state index in [4.69, 9.17) is 0 Å². The molecule has 0 saturated carbocycles. The Bertz CT molecular complexity index is 1230. The van der Waals surface area contributed by atoms with Crippen LogP contribution in [0.5, 0.6) is 0 Å². The third-order valence-electron chi connectivity index (χ3n) is 5.29. The van der Waals surface area contributed by atoms with Crippen LogP contribution in [0.1, 0.15) is 28.8 Å². The maximum atomic E-state index is 13.6. The highest BCUT2D eigenvalue weighted by molar-refractivity contribution is 7.19. The molecule has 7 heteroatoms. The molecule has 142 valence electrons. The van der Waals surface area contributed by atoms with Crippen LogP contribution < -0.4 is 10.9 Å². The summed E-state index contributed by atoms with van der Waals surface area (Å²) in [4.78, 5) is 15.8. The highest BCUT2D eigenvalue weighted by atomic mass is 32.1. The summed E-state index contributed by atoms with van der Waals surface area (Å²) < 4.78 is 3.76. The second-order valence-corrected chi connectivity index (χ2v) is 8.18. The molecule has 1 N–H and O–H groups in total. The predicted molar refractivity (Wildman–Crippen MR) is 114 cm³/mol. The summed E-state index contributed by atoms with van der Waals surface area (Å²) in [7, 11) is 0. The molecule has 1 aliphatic rings. The molecule has 0 fully saturated rings. The third-order valence-corrected chi connectivity index (χ3v) is 6.57. The summed E-state index contributed by atoms with van der Waals surface area (Å²) in [6.45, 7) is 4.83. The molecule has 0 bridgehead atoms. The number of nitrogens with one attached hydrogen (secondary N) is 1. The smallest absolute Gasteiger partial charge is 0.264 e. The van der Waals surface area contributed by atoms with E-state index in [0.717, 1.165) is 35.0 Å². The van der Waals surface area contributed by atoms with Crippen molar-refractivity contribution in [3.8, 4) is 0 Å². The zero-order valence-corrected chi connectivity index (χ0v) is 16.3. The van der Waals surface area contributed by atoms with Crippen molar-refractivity contribution < 1.29 is 0 Å². The Morgan fingerprint density at radius 1 is 1.18 bits per heavy atom. The molecule has 0 radical (unpaired) electrons. The van der Waals surface area contributed by atoms with Crippen LogP contribution in [0.4, 0.5) is 5.95 Å². The van der Waals surface area contributed by atoms with Crippen LogP contribution in [0, 0.1) is 0 Å². The number of hydrogen-bond donors (Lipinski definition) is 1. The van der Waals surface area contributed by atoms with Gasteiger partial charge in [-0.25, -0.2) is 4.40 Å². The number of fused-ring (bicyclic) bond motifs is 5. The van der Waals surface area contributed by atoms with Crippen molar-refractivity contribution in [1.82, 2.24) is 19.2 Å². The van der Waals surface area contributed by atoms with Gasteiger partial charge in [-0.05, 0) is 36.8 Å². The molecule has 5 rings (SSSR count). The van der Waals surface area contributed by atoms with Gasteiger partial charge in [0.2, 0.25) is 11.7 Å². The zero-order valence-electron chi connectivity index (χ0n) is 15.5. The van der Waals surface area contributed by atoms with Gasteiger partial charge in [0, 0.05) is 11.4 Å². The van der Waals surface area contributed by atoms with Gasteiger partial charge in [-0.3, -0.25) is 9.36 Å². The van der Waals surface area contributed by atoms with E-state index in [-0.39, 0.29) is 5.56 Å². The summed E-state index contributed by atoms with van der Waals surface area (Å²) in [5, 5.41) is 12.8. The molecule has 1 aliphatic carbocycles. The van der Waals surface area contributed by atoms with E-state index in [9.17, 15) is 4.79 Å². The summed E-state index contributed by atoms with van der Waals surface area (Å²) in [6, 6.07) is 10.0.